The second-order valence-corrected chi connectivity index (χ2v) is 11.4. The molecule has 2 heterocycles. The lowest BCUT2D eigenvalue weighted by Gasteiger charge is -2.36. The highest BCUT2D eigenvalue weighted by atomic mass is 32.2. The Hall–Kier alpha value is -1.34. The van der Waals surface area contributed by atoms with Crippen molar-refractivity contribution in [2.24, 2.45) is 16.8 Å². The zero-order valence-corrected chi connectivity index (χ0v) is 16.1. The van der Waals surface area contributed by atoms with Crippen LogP contribution >= 0.6 is 11.8 Å². The van der Waals surface area contributed by atoms with E-state index in [2.05, 4.69) is 9.89 Å². The molecule has 26 heavy (non-hydrogen) atoms. The maximum atomic E-state index is 12.6. The van der Waals surface area contributed by atoms with Gasteiger partial charge in [-0.25, -0.2) is 8.42 Å². The van der Waals surface area contributed by atoms with Crippen molar-refractivity contribution in [3.05, 3.63) is 35.9 Å². The second-order valence-electron chi connectivity index (χ2n) is 8.02. The lowest BCUT2D eigenvalue weighted by molar-refractivity contribution is 0.0999. The second kappa shape index (κ2) is 6.09. The van der Waals surface area contributed by atoms with Gasteiger partial charge >= 0.3 is 0 Å². The van der Waals surface area contributed by atoms with Crippen LogP contribution in [0, 0.1) is 11.8 Å². The minimum atomic E-state index is -2.99. The number of sulfone groups is 1. The van der Waals surface area contributed by atoms with Crippen LogP contribution in [0.25, 0.3) is 0 Å². The molecule has 4 fully saturated rings. The summed E-state index contributed by atoms with van der Waals surface area (Å²) in [5.74, 6) is 1.57. The van der Waals surface area contributed by atoms with Crippen molar-refractivity contribution in [2.75, 3.05) is 11.5 Å². The highest BCUT2D eigenvalue weighted by molar-refractivity contribution is 8.15. The van der Waals surface area contributed by atoms with Gasteiger partial charge in [-0.05, 0) is 43.2 Å². The van der Waals surface area contributed by atoms with Crippen LogP contribution in [-0.2, 0) is 9.84 Å². The van der Waals surface area contributed by atoms with E-state index in [1.165, 1.54) is 31.0 Å². The number of hydrogen-bond acceptors (Lipinski definition) is 4. The first-order chi connectivity index (χ1) is 12.5. The molecule has 2 aliphatic heterocycles. The van der Waals surface area contributed by atoms with E-state index in [1.807, 2.05) is 18.2 Å². The first-order valence-electron chi connectivity index (χ1n) is 9.34. The van der Waals surface area contributed by atoms with Gasteiger partial charge in [0.25, 0.3) is 5.91 Å². The molecule has 0 radical (unpaired) electrons. The molecule has 0 aromatic heterocycles. The molecule has 5 nitrogen and oxygen atoms in total. The Morgan fingerprint density at radius 1 is 1.08 bits per heavy atom. The third-order valence-electron chi connectivity index (χ3n) is 6.38. The standard InChI is InChI=1S/C19H22N2O3S2/c22-18(13-4-2-1-3-5-13)20-19-21(15-9-12-6-7-14(15)8-12)16-10-26(23,24)11-17(16)25-19/h1-5,12,14-17H,6-11H2/t12-,14-,15+,16-,17+/m0/s1. The maximum absolute atomic E-state index is 12.6. The first-order valence-corrected chi connectivity index (χ1v) is 12.0. The number of aliphatic imine (C=N–C) groups is 1. The third-order valence-corrected chi connectivity index (χ3v) is 9.61. The van der Waals surface area contributed by atoms with E-state index in [1.54, 1.807) is 12.1 Å². The fourth-order valence-corrected chi connectivity index (χ4v) is 9.23. The van der Waals surface area contributed by atoms with Crippen molar-refractivity contribution < 1.29 is 13.2 Å². The summed E-state index contributed by atoms with van der Waals surface area (Å²) < 4.78 is 24.3. The van der Waals surface area contributed by atoms with Crippen LogP contribution in [0.4, 0.5) is 0 Å². The average molecular weight is 391 g/mol. The summed E-state index contributed by atoms with van der Waals surface area (Å²) in [6.45, 7) is 0. The van der Waals surface area contributed by atoms with Gasteiger partial charge in [-0.2, -0.15) is 4.99 Å². The first kappa shape index (κ1) is 16.8. The lowest BCUT2D eigenvalue weighted by atomic mass is 9.93. The van der Waals surface area contributed by atoms with E-state index < -0.39 is 9.84 Å². The van der Waals surface area contributed by atoms with Crippen molar-refractivity contribution in [1.82, 2.24) is 4.90 Å². The molecule has 1 amide bonds. The zero-order valence-electron chi connectivity index (χ0n) is 14.5. The van der Waals surface area contributed by atoms with Crippen LogP contribution in [0.3, 0.4) is 0 Å². The van der Waals surface area contributed by atoms with Gasteiger partial charge in [-0.3, -0.25) is 4.79 Å². The predicted octanol–water partition coefficient (Wildman–Crippen LogP) is 2.59. The molecule has 2 bridgehead atoms. The predicted molar refractivity (Wildman–Crippen MR) is 103 cm³/mol. The molecule has 138 valence electrons. The fraction of sp³-hybridized carbons (Fsp3) is 0.579. The van der Waals surface area contributed by atoms with Crippen molar-refractivity contribution in [1.29, 1.82) is 0 Å². The number of rotatable bonds is 2. The molecule has 2 saturated carbocycles. The Balaban J connectivity index is 1.48. The minimum Gasteiger partial charge on any atom is -0.343 e. The van der Waals surface area contributed by atoms with Crippen LogP contribution in [0.15, 0.2) is 35.3 Å². The summed E-state index contributed by atoms with van der Waals surface area (Å²) in [7, 11) is -2.99. The number of hydrogen-bond donors (Lipinski definition) is 0. The zero-order chi connectivity index (χ0) is 17.9. The largest absolute Gasteiger partial charge is 0.343 e. The van der Waals surface area contributed by atoms with Crippen molar-refractivity contribution >= 4 is 32.7 Å². The highest BCUT2D eigenvalue weighted by Gasteiger charge is 2.54. The number of amides is 1. The highest BCUT2D eigenvalue weighted by Crippen LogP contribution is 2.51. The summed E-state index contributed by atoms with van der Waals surface area (Å²) in [5.41, 5.74) is 0.582. The van der Waals surface area contributed by atoms with Gasteiger partial charge in [-0.15, -0.1) is 0 Å². The number of benzene rings is 1. The molecule has 5 rings (SSSR count). The molecule has 2 saturated heterocycles. The molecule has 2 aliphatic carbocycles. The summed E-state index contributed by atoms with van der Waals surface area (Å²) in [6.07, 6.45) is 4.88. The Kier molecular flexibility index (Phi) is 3.94. The number of carbonyl (C=O) groups excluding carboxylic acids is 1. The summed E-state index contributed by atoms with van der Waals surface area (Å²) in [4.78, 5) is 19.3. The topological polar surface area (TPSA) is 66.8 Å². The van der Waals surface area contributed by atoms with Gasteiger partial charge in [0.15, 0.2) is 15.0 Å². The summed E-state index contributed by atoms with van der Waals surface area (Å²) in [5, 5.41) is 0.766. The molecule has 4 aliphatic rings. The summed E-state index contributed by atoms with van der Waals surface area (Å²) >= 11 is 1.50. The SMILES string of the molecule is O=C(N=C1S[C@@H]2CS(=O)(=O)C[C@@H]2N1[C@@H]1C[C@H]2CC[C@H]1C2)c1ccccc1. The normalized spacial score (nSPS) is 38.8. The van der Waals surface area contributed by atoms with Gasteiger partial charge in [-0.1, -0.05) is 36.4 Å². The van der Waals surface area contributed by atoms with Gasteiger partial charge in [0.2, 0.25) is 0 Å². The van der Waals surface area contributed by atoms with Crippen molar-refractivity contribution in [3.8, 4) is 0 Å². The fourth-order valence-electron chi connectivity index (χ4n) is 5.26. The lowest BCUT2D eigenvalue weighted by Crippen LogP contribution is -2.47. The number of thioether (sulfide) groups is 1. The van der Waals surface area contributed by atoms with E-state index >= 15 is 0 Å². The molecular weight excluding hydrogens is 368 g/mol. The molecule has 7 heteroatoms. The monoisotopic (exact) mass is 390 g/mol. The average Bonchev–Trinajstić information content (AvgIpc) is 3.35. The van der Waals surface area contributed by atoms with Crippen LogP contribution in [0.5, 0.6) is 0 Å². The molecule has 5 atom stereocenters. The van der Waals surface area contributed by atoms with Crippen LogP contribution in [0.1, 0.15) is 36.0 Å². The van der Waals surface area contributed by atoms with Gasteiger partial charge < -0.3 is 4.90 Å². The molecule has 0 N–H and O–H groups in total. The molecule has 1 aromatic carbocycles. The number of nitrogens with zero attached hydrogens (tertiary/aromatic N) is 2. The van der Waals surface area contributed by atoms with Crippen molar-refractivity contribution in [3.63, 3.8) is 0 Å². The van der Waals surface area contributed by atoms with Gasteiger partial charge in [0.05, 0.1) is 17.5 Å². The Morgan fingerprint density at radius 3 is 2.58 bits per heavy atom. The van der Waals surface area contributed by atoms with Crippen LogP contribution in [-0.4, -0.2) is 53.2 Å². The van der Waals surface area contributed by atoms with E-state index in [0.717, 1.165) is 17.5 Å². The smallest absolute Gasteiger partial charge is 0.279 e. The van der Waals surface area contributed by atoms with Gasteiger partial charge in [0, 0.05) is 16.9 Å². The number of amidine groups is 1. The maximum Gasteiger partial charge on any atom is 0.279 e. The van der Waals surface area contributed by atoms with Crippen molar-refractivity contribution in [2.45, 2.75) is 43.0 Å². The third kappa shape index (κ3) is 2.80. The number of carbonyl (C=O) groups is 1. The minimum absolute atomic E-state index is 0.0152. The molecule has 0 spiro atoms. The molecule has 1 aromatic rings. The Bertz CT molecular complexity index is 868. The number of fused-ring (bicyclic) bond motifs is 3. The molecular formula is C19H22N2O3S2. The van der Waals surface area contributed by atoms with Crippen LogP contribution < -0.4 is 0 Å². The summed E-state index contributed by atoms with van der Waals surface area (Å²) in [6, 6.07) is 9.45. The van der Waals surface area contributed by atoms with Gasteiger partial charge in [0.1, 0.15) is 0 Å². The van der Waals surface area contributed by atoms with Crippen LogP contribution in [0.2, 0.25) is 0 Å². The quantitative estimate of drug-likeness (QED) is 0.776. The Morgan fingerprint density at radius 2 is 1.88 bits per heavy atom. The van der Waals surface area contributed by atoms with E-state index in [4.69, 9.17) is 0 Å². The van der Waals surface area contributed by atoms with E-state index in [9.17, 15) is 13.2 Å². The van der Waals surface area contributed by atoms with E-state index in [0.29, 0.717) is 17.5 Å². The molecule has 0 unspecified atom stereocenters. The van der Waals surface area contributed by atoms with E-state index in [-0.39, 0.29) is 28.7 Å². The Labute approximate surface area is 158 Å².